The summed E-state index contributed by atoms with van der Waals surface area (Å²) in [6.45, 7) is 2.01. The van der Waals surface area contributed by atoms with Gasteiger partial charge in [-0.2, -0.15) is 15.0 Å². The standard InChI is InChI=1S/C11H12N4O/c1-2-8-4-3-5-9(11(12)16)10(8)15-13-6-7-14-15/h3-7H,2H2,1H3,(H2,12,16). The lowest BCUT2D eigenvalue weighted by atomic mass is 10.0. The van der Waals surface area contributed by atoms with Gasteiger partial charge < -0.3 is 5.73 Å². The predicted octanol–water partition coefficient (Wildman–Crippen LogP) is 0.929. The molecule has 2 rings (SSSR count). The first-order valence-electron chi connectivity index (χ1n) is 5.02. The maximum atomic E-state index is 11.3. The van der Waals surface area contributed by atoms with Crippen LogP contribution in [0.15, 0.2) is 30.6 Å². The zero-order chi connectivity index (χ0) is 11.5. The molecular weight excluding hydrogens is 204 g/mol. The number of aromatic nitrogens is 3. The third-order valence-electron chi connectivity index (χ3n) is 2.38. The van der Waals surface area contributed by atoms with Crippen LogP contribution in [0.3, 0.4) is 0 Å². The van der Waals surface area contributed by atoms with E-state index in [9.17, 15) is 4.79 Å². The van der Waals surface area contributed by atoms with Crippen molar-refractivity contribution < 1.29 is 4.79 Å². The Balaban J connectivity index is 2.68. The van der Waals surface area contributed by atoms with E-state index in [-0.39, 0.29) is 0 Å². The molecule has 82 valence electrons. The van der Waals surface area contributed by atoms with Crippen molar-refractivity contribution in [2.24, 2.45) is 5.73 Å². The molecule has 0 bridgehead atoms. The molecule has 0 saturated carbocycles. The van der Waals surface area contributed by atoms with Crippen LogP contribution in [0, 0.1) is 0 Å². The predicted molar refractivity (Wildman–Crippen MR) is 59.3 cm³/mol. The molecule has 2 N–H and O–H groups in total. The molecule has 1 amide bonds. The van der Waals surface area contributed by atoms with E-state index in [2.05, 4.69) is 10.2 Å². The van der Waals surface area contributed by atoms with Crippen molar-refractivity contribution in [3.63, 3.8) is 0 Å². The maximum Gasteiger partial charge on any atom is 0.250 e. The molecule has 0 atom stereocenters. The van der Waals surface area contributed by atoms with Crippen LogP contribution >= 0.6 is 0 Å². The lowest BCUT2D eigenvalue weighted by Crippen LogP contribution is -2.17. The number of aryl methyl sites for hydroxylation is 1. The van der Waals surface area contributed by atoms with Gasteiger partial charge in [0.05, 0.1) is 18.0 Å². The number of nitrogens with zero attached hydrogens (tertiary/aromatic N) is 3. The first-order chi connectivity index (χ1) is 7.74. The fraction of sp³-hybridized carbons (Fsp3) is 0.182. The van der Waals surface area contributed by atoms with E-state index in [0.29, 0.717) is 11.3 Å². The Morgan fingerprint density at radius 3 is 2.62 bits per heavy atom. The minimum absolute atomic E-state index is 0.440. The van der Waals surface area contributed by atoms with Crippen LogP contribution < -0.4 is 5.73 Å². The second-order valence-corrected chi connectivity index (χ2v) is 3.35. The number of carbonyl (C=O) groups is 1. The highest BCUT2D eigenvalue weighted by Crippen LogP contribution is 2.18. The van der Waals surface area contributed by atoms with E-state index >= 15 is 0 Å². The fourth-order valence-corrected chi connectivity index (χ4v) is 1.64. The Hall–Kier alpha value is -2.17. The summed E-state index contributed by atoms with van der Waals surface area (Å²) in [6.07, 6.45) is 3.92. The SMILES string of the molecule is CCc1cccc(C(N)=O)c1-n1nccn1. The van der Waals surface area contributed by atoms with Gasteiger partial charge in [0.1, 0.15) is 5.69 Å². The van der Waals surface area contributed by atoms with Gasteiger partial charge in [0.2, 0.25) is 0 Å². The van der Waals surface area contributed by atoms with Gasteiger partial charge in [-0.3, -0.25) is 4.79 Å². The van der Waals surface area contributed by atoms with Crippen molar-refractivity contribution in [1.29, 1.82) is 0 Å². The summed E-state index contributed by atoms with van der Waals surface area (Å²) >= 11 is 0. The molecule has 0 radical (unpaired) electrons. The van der Waals surface area contributed by atoms with Gasteiger partial charge in [0, 0.05) is 0 Å². The monoisotopic (exact) mass is 216 g/mol. The second-order valence-electron chi connectivity index (χ2n) is 3.35. The smallest absolute Gasteiger partial charge is 0.250 e. The molecule has 0 aliphatic carbocycles. The molecule has 2 aromatic rings. The summed E-state index contributed by atoms with van der Waals surface area (Å²) in [4.78, 5) is 12.8. The third-order valence-corrected chi connectivity index (χ3v) is 2.38. The fourth-order valence-electron chi connectivity index (χ4n) is 1.64. The van der Waals surface area contributed by atoms with Gasteiger partial charge >= 0.3 is 0 Å². The Bertz CT molecular complexity index is 505. The number of hydrogen-bond donors (Lipinski definition) is 1. The molecule has 0 aliphatic rings. The molecule has 1 aromatic carbocycles. The largest absolute Gasteiger partial charge is 0.366 e. The number of rotatable bonds is 3. The molecule has 16 heavy (non-hydrogen) atoms. The molecule has 5 heteroatoms. The lowest BCUT2D eigenvalue weighted by molar-refractivity contribution is 0.1000. The molecule has 0 saturated heterocycles. The van der Waals surface area contributed by atoms with Crippen LogP contribution in [-0.4, -0.2) is 20.9 Å². The van der Waals surface area contributed by atoms with Gasteiger partial charge in [0.25, 0.3) is 5.91 Å². The number of amides is 1. The number of para-hydroxylation sites is 1. The van der Waals surface area contributed by atoms with Crippen LogP contribution in [0.5, 0.6) is 0 Å². The van der Waals surface area contributed by atoms with Crippen molar-refractivity contribution in [2.75, 3.05) is 0 Å². The van der Waals surface area contributed by atoms with Gasteiger partial charge in [-0.15, -0.1) is 0 Å². The summed E-state index contributed by atoms with van der Waals surface area (Å²) in [5.74, 6) is -0.470. The van der Waals surface area contributed by atoms with E-state index in [0.717, 1.165) is 12.0 Å². The Kier molecular flexibility index (Phi) is 2.68. The third kappa shape index (κ3) is 1.67. The summed E-state index contributed by atoms with van der Waals surface area (Å²) < 4.78 is 0. The quantitative estimate of drug-likeness (QED) is 0.829. The highest BCUT2D eigenvalue weighted by atomic mass is 16.1. The van der Waals surface area contributed by atoms with Gasteiger partial charge in [-0.1, -0.05) is 19.1 Å². The van der Waals surface area contributed by atoms with Crippen LogP contribution in [0.25, 0.3) is 5.69 Å². The minimum atomic E-state index is -0.470. The Morgan fingerprint density at radius 2 is 2.06 bits per heavy atom. The van der Waals surface area contributed by atoms with Crippen molar-refractivity contribution in [2.45, 2.75) is 13.3 Å². The van der Waals surface area contributed by atoms with Gasteiger partial charge in [-0.05, 0) is 18.1 Å². The Morgan fingerprint density at radius 1 is 1.38 bits per heavy atom. The maximum absolute atomic E-state index is 11.3. The molecular formula is C11H12N4O. The zero-order valence-electron chi connectivity index (χ0n) is 8.92. The molecule has 0 spiro atoms. The number of carbonyl (C=O) groups excluding carboxylic acids is 1. The van der Waals surface area contributed by atoms with E-state index in [1.165, 1.54) is 4.80 Å². The number of nitrogens with two attached hydrogens (primary N) is 1. The molecule has 1 heterocycles. The molecule has 1 aromatic heterocycles. The van der Waals surface area contributed by atoms with Crippen molar-refractivity contribution in [1.82, 2.24) is 15.0 Å². The minimum Gasteiger partial charge on any atom is -0.366 e. The van der Waals surface area contributed by atoms with Crippen LogP contribution in [0.1, 0.15) is 22.8 Å². The topological polar surface area (TPSA) is 73.8 Å². The van der Waals surface area contributed by atoms with Crippen molar-refractivity contribution in [3.05, 3.63) is 41.7 Å². The van der Waals surface area contributed by atoms with E-state index in [1.807, 2.05) is 19.1 Å². The van der Waals surface area contributed by atoms with E-state index in [1.54, 1.807) is 18.5 Å². The lowest BCUT2D eigenvalue weighted by Gasteiger charge is -2.10. The van der Waals surface area contributed by atoms with Gasteiger partial charge in [-0.25, -0.2) is 0 Å². The van der Waals surface area contributed by atoms with Crippen molar-refractivity contribution >= 4 is 5.91 Å². The number of hydrogen-bond acceptors (Lipinski definition) is 3. The van der Waals surface area contributed by atoms with Crippen LogP contribution in [-0.2, 0) is 6.42 Å². The van der Waals surface area contributed by atoms with E-state index in [4.69, 9.17) is 5.73 Å². The van der Waals surface area contributed by atoms with Crippen molar-refractivity contribution in [3.8, 4) is 5.69 Å². The summed E-state index contributed by atoms with van der Waals surface area (Å²) in [6, 6.07) is 5.43. The van der Waals surface area contributed by atoms with E-state index < -0.39 is 5.91 Å². The highest BCUT2D eigenvalue weighted by Gasteiger charge is 2.14. The summed E-state index contributed by atoms with van der Waals surface area (Å²) in [7, 11) is 0. The molecule has 5 nitrogen and oxygen atoms in total. The zero-order valence-corrected chi connectivity index (χ0v) is 8.92. The number of primary amides is 1. The first-order valence-corrected chi connectivity index (χ1v) is 5.02. The normalized spacial score (nSPS) is 10.3. The van der Waals surface area contributed by atoms with Crippen LogP contribution in [0.2, 0.25) is 0 Å². The molecule has 0 aliphatic heterocycles. The second kappa shape index (κ2) is 4.14. The van der Waals surface area contributed by atoms with Crippen LogP contribution in [0.4, 0.5) is 0 Å². The summed E-state index contributed by atoms with van der Waals surface area (Å²) in [5, 5.41) is 8.07. The summed E-state index contributed by atoms with van der Waals surface area (Å²) in [5.41, 5.74) is 7.44. The molecule has 0 fully saturated rings. The molecule has 0 unspecified atom stereocenters. The highest BCUT2D eigenvalue weighted by molar-refractivity contribution is 5.96. The Labute approximate surface area is 92.9 Å². The number of benzene rings is 1. The average molecular weight is 216 g/mol. The average Bonchev–Trinajstić information content (AvgIpc) is 2.81. The first kappa shape index (κ1) is 10.4. The van der Waals surface area contributed by atoms with Gasteiger partial charge in [0.15, 0.2) is 0 Å².